The van der Waals surface area contributed by atoms with Crippen LogP contribution in [0.25, 0.3) is 0 Å². The van der Waals surface area contributed by atoms with Gasteiger partial charge in [0.25, 0.3) is 0 Å². The van der Waals surface area contributed by atoms with Gasteiger partial charge in [-0.3, -0.25) is 0 Å². The van der Waals surface area contributed by atoms with Crippen LogP contribution in [0.3, 0.4) is 0 Å². The van der Waals surface area contributed by atoms with Gasteiger partial charge in [0.05, 0.1) is 6.61 Å². The maximum Gasteiger partial charge on any atom is 0.128 e. The Morgan fingerprint density at radius 1 is 1.10 bits per heavy atom. The van der Waals surface area contributed by atoms with E-state index in [0.717, 1.165) is 31.2 Å². The largest absolute Gasteiger partial charge is 0.457 e. The summed E-state index contributed by atoms with van der Waals surface area (Å²) < 4.78 is 10.8. The average Bonchev–Trinajstić information content (AvgIpc) is 2.45. The zero-order valence-corrected chi connectivity index (χ0v) is 13.1. The molecule has 21 heavy (non-hydrogen) atoms. The number of ether oxygens (including phenoxy) is 2. The van der Waals surface area contributed by atoms with Crippen molar-refractivity contribution < 1.29 is 9.47 Å². The van der Waals surface area contributed by atoms with Crippen molar-refractivity contribution in [1.82, 2.24) is 5.32 Å². The third-order valence-corrected chi connectivity index (χ3v) is 3.38. The third-order valence-electron chi connectivity index (χ3n) is 3.14. The summed E-state index contributed by atoms with van der Waals surface area (Å²) in [5.41, 5.74) is 2.45. The lowest BCUT2D eigenvalue weighted by atomic mass is 10.1. The van der Waals surface area contributed by atoms with Gasteiger partial charge in [-0.25, -0.2) is 0 Å². The molecule has 0 aliphatic rings. The van der Waals surface area contributed by atoms with Gasteiger partial charge >= 0.3 is 0 Å². The van der Waals surface area contributed by atoms with E-state index in [0.29, 0.717) is 5.02 Å². The van der Waals surface area contributed by atoms with E-state index in [2.05, 4.69) is 18.3 Å². The minimum atomic E-state index is 0.670. The molecule has 0 unspecified atom stereocenters. The molecule has 0 radical (unpaired) electrons. The van der Waals surface area contributed by atoms with Crippen LogP contribution in [0.1, 0.15) is 11.1 Å². The highest BCUT2D eigenvalue weighted by Gasteiger charge is 2.03. The van der Waals surface area contributed by atoms with E-state index in [1.165, 1.54) is 11.1 Å². The highest BCUT2D eigenvalue weighted by Crippen LogP contribution is 2.25. The first-order valence-corrected chi connectivity index (χ1v) is 7.29. The molecule has 0 aliphatic heterocycles. The quantitative estimate of drug-likeness (QED) is 0.779. The SMILES string of the molecule is COCCNCc1ccc(Oc2cccc(Cl)c2)cc1C. The first-order chi connectivity index (χ1) is 10.2. The summed E-state index contributed by atoms with van der Waals surface area (Å²) in [5, 5.41) is 4.01. The monoisotopic (exact) mass is 305 g/mol. The number of hydrogen-bond acceptors (Lipinski definition) is 3. The van der Waals surface area contributed by atoms with Crippen LogP contribution in [0.2, 0.25) is 5.02 Å². The molecule has 0 atom stereocenters. The molecule has 0 aliphatic carbocycles. The highest BCUT2D eigenvalue weighted by molar-refractivity contribution is 6.30. The molecule has 2 aromatic carbocycles. The topological polar surface area (TPSA) is 30.5 Å². The van der Waals surface area contributed by atoms with E-state index in [4.69, 9.17) is 21.1 Å². The summed E-state index contributed by atoms with van der Waals surface area (Å²) in [7, 11) is 1.70. The van der Waals surface area contributed by atoms with Crippen molar-refractivity contribution in [3.05, 3.63) is 58.6 Å². The van der Waals surface area contributed by atoms with Crippen molar-refractivity contribution in [2.45, 2.75) is 13.5 Å². The van der Waals surface area contributed by atoms with Gasteiger partial charge in [-0.15, -0.1) is 0 Å². The molecule has 112 valence electrons. The highest BCUT2D eigenvalue weighted by atomic mass is 35.5. The Morgan fingerprint density at radius 2 is 1.90 bits per heavy atom. The first-order valence-electron chi connectivity index (χ1n) is 6.91. The van der Waals surface area contributed by atoms with Crippen molar-refractivity contribution in [1.29, 1.82) is 0 Å². The normalized spacial score (nSPS) is 10.6. The Kier molecular flexibility index (Phi) is 6.05. The van der Waals surface area contributed by atoms with Crippen LogP contribution in [-0.2, 0) is 11.3 Å². The van der Waals surface area contributed by atoms with Crippen LogP contribution < -0.4 is 10.1 Å². The molecule has 1 N–H and O–H groups in total. The number of nitrogens with one attached hydrogen (secondary N) is 1. The number of methoxy groups -OCH3 is 1. The number of halogens is 1. The van der Waals surface area contributed by atoms with Crippen molar-refractivity contribution in [3.63, 3.8) is 0 Å². The molecular formula is C17H20ClNO2. The van der Waals surface area contributed by atoms with Gasteiger partial charge in [0.2, 0.25) is 0 Å². The minimum Gasteiger partial charge on any atom is -0.457 e. The van der Waals surface area contributed by atoms with Crippen LogP contribution in [0.5, 0.6) is 11.5 Å². The minimum absolute atomic E-state index is 0.670. The molecule has 0 aromatic heterocycles. The van der Waals surface area contributed by atoms with Crippen molar-refractivity contribution in [2.24, 2.45) is 0 Å². The number of rotatable bonds is 7. The molecule has 2 aromatic rings. The fourth-order valence-electron chi connectivity index (χ4n) is 1.99. The Bertz CT molecular complexity index is 587. The predicted octanol–water partition coefficient (Wildman–Crippen LogP) is 4.18. The first kappa shape index (κ1) is 15.8. The molecule has 0 spiro atoms. The van der Waals surface area contributed by atoms with Gasteiger partial charge in [-0.1, -0.05) is 23.7 Å². The van der Waals surface area contributed by atoms with Crippen molar-refractivity contribution in [3.8, 4) is 11.5 Å². The molecule has 0 fully saturated rings. The average molecular weight is 306 g/mol. The van der Waals surface area contributed by atoms with Gasteiger partial charge in [-0.05, 0) is 48.4 Å². The van der Waals surface area contributed by atoms with Gasteiger partial charge in [0.15, 0.2) is 0 Å². The smallest absolute Gasteiger partial charge is 0.128 e. The van der Waals surface area contributed by atoms with Gasteiger partial charge < -0.3 is 14.8 Å². The summed E-state index contributed by atoms with van der Waals surface area (Å²) >= 11 is 5.95. The summed E-state index contributed by atoms with van der Waals surface area (Å²) in [4.78, 5) is 0. The molecule has 4 heteroatoms. The molecule has 3 nitrogen and oxygen atoms in total. The van der Waals surface area contributed by atoms with E-state index < -0.39 is 0 Å². The van der Waals surface area contributed by atoms with Gasteiger partial charge in [0.1, 0.15) is 11.5 Å². The van der Waals surface area contributed by atoms with Crippen molar-refractivity contribution >= 4 is 11.6 Å². The van der Waals surface area contributed by atoms with Crippen LogP contribution in [0.15, 0.2) is 42.5 Å². The van der Waals surface area contributed by atoms with Gasteiger partial charge in [0, 0.05) is 25.2 Å². The van der Waals surface area contributed by atoms with E-state index in [9.17, 15) is 0 Å². The lowest BCUT2D eigenvalue weighted by Crippen LogP contribution is -2.19. The third kappa shape index (κ3) is 5.05. The van der Waals surface area contributed by atoms with Crippen LogP contribution >= 0.6 is 11.6 Å². The van der Waals surface area contributed by atoms with E-state index in [1.54, 1.807) is 13.2 Å². The van der Waals surface area contributed by atoms with E-state index in [-0.39, 0.29) is 0 Å². The summed E-state index contributed by atoms with van der Waals surface area (Å²) in [6.07, 6.45) is 0. The zero-order valence-electron chi connectivity index (χ0n) is 12.4. The lowest BCUT2D eigenvalue weighted by molar-refractivity contribution is 0.199. The maximum atomic E-state index is 5.95. The molecule has 0 saturated carbocycles. The predicted molar refractivity (Wildman–Crippen MR) is 86.3 cm³/mol. The van der Waals surface area contributed by atoms with Gasteiger partial charge in [-0.2, -0.15) is 0 Å². The Hall–Kier alpha value is -1.55. The molecule has 0 heterocycles. The van der Waals surface area contributed by atoms with Crippen LogP contribution in [0, 0.1) is 6.92 Å². The molecule has 0 saturated heterocycles. The molecular weight excluding hydrogens is 286 g/mol. The van der Waals surface area contributed by atoms with E-state index in [1.807, 2.05) is 30.3 Å². The van der Waals surface area contributed by atoms with E-state index >= 15 is 0 Å². The number of benzene rings is 2. The maximum absolute atomic E-state index is 5.95. The Labute approximate surface area is 130 Å². The Morgan fingerprint density at radius 3 is 2.62 bits per heavy atom. The second-order valence-corrected chi connectivity index (χ2v) is 5.25. The Balaban J connectivity index is 1.98. The molecule has 0 amide bonds. The molecule has 2 rings (SSSR count). The summed E-state index contributed by atoms with van der Waals surface area (Å²) in [5.74, 6) is 1.56. The second kappa shape index (κ2) is 8.03. The number of aryl methyl sites for hydroxylation is 1. The summed E-state index contributed by atoms with van der Waals surface area (Å²) in [6, 6.07) is 13.5. The van der Waals surface area contributed by atoms with Crippen LogP contribution in [0.4, 0.5) is 0 Å². The number of hydrogen-bond donors (Lipinski definition) is 1. The van der Waals surface area contributed by atoms with Crippen LogP contribution in [-0.4, -0.2) is 20.3 Å². The lowest BCUT2D eigenvalue weighted by Gasteiger charge is -2.11. The fourth-order valence-corrected chi connectivity index (χ4v) is 2.17. The molecule has 0 bridgehead atoms. The second-order valence-electron chi connectivity index (χ2n) is 4.82. The standard InChI is InChI=1S/C17H20ClNO2/c1-13-10-17(21-16-5-3-4-15(18)11-16)7-6-14(13)12-19-8-9-20-2/h3-7,10-11,19H,8-9,12H2,1-2H3. The zero-order chi connectivity index (χ0) is 15.1. The fraction of sp³-hybridized carbons (Fsp3) is 0.294. The summed E-state index contributed by atoms with van der Waals surface area (Å²) in [6.45, 7) is 4.47. The van der Waals surface area contributed by atoms with Crippen molar-refractivity contribution in [2.75, 3.05) is 20.3 Å².